The second-order valence-corrected chi connectivity index (χ2v) is 6.82. The van der Waals surface area contributed by atoms with E-state index in [1.54, 1.807) is 0 Å². The maximum Gasteiger partial charge on any atom is 0.0442 e. The smallest absolute Gasteiger partial charge is 0.0442 e. The molecule has 0 aliphatic heterocycles. The third-order valence-corrected chi connectivity index (χ3v) is 5.52. The van der Waals surface area contributed by atoms with E-state index in [9.17, 15) is 0 Å². The number of hydrogen-bond acceptors (Lipinski definition) is 1. The minimum absolute atomic E-state index is 0.509. The number of hydrogen-bond donors (Lipinski definition) is 0. The number of halogens is 1. The van der Waals surface area contributed by atoms with Gasteiger partial charge in [0.15, 0.2) is 0 Å². The molecule has 2 unspecified atom stereocenters. The Bertz CT molecular complexity index is 332. The van der Waals surface area contributed by atoms with Crippen molar-refractivity contribution in [3.8, 4) is 0 Å². The van der Waals surface area contributed by atoms with Gasteiger partial charge in [0.25, 0.3) is 0 Å². The summed E-state index contributed by atoms with van der Waals surface area (Å²) in [5.41, 5.74) is 1.21. The van der Waals surface area contributed by atoms with Gasteiger partial charge < -0.3 is 0 Å². The van der Waals surface area contributed by atoms with Gasteiger partial charge in [-0.15, -0.1) is 0 Å². The first-order valence-corrected chi connectivity index (χ1v) is 8.24. The molecule has 1 fully saturated rings. The van der Waals surface area contributed by atoms with E-state index >= 15 is 0 Å². The van der Waals surface area contributed by atoms with E-state index in [2.05, 4.69) is 40.0 Å². The standard InChI is InChI=1S/C16H24BrN/c1-13(16-9-5-6-12-18-16)15(17)11-10-14-7-3-2-4-8-14/h5-6,9,12-15H,2-4,7-8,10-11H2,1H3. The first-order chi connectivity index (χ1) is 8.77. The molecule has 0 bridgehead atoms. The van der Waals surface area contributed by atoms with Gasteiger partial charge in [-0.2, -0.15) is 0 Å². The summed E-state index contributed by atoms with van der Waals surface area (Å²) in [6.07, 6.45) is 11.8. The molecule has 0 radical (unpaired) electrons. The van der Waals surface area contributed by atoms with Crippen molar-refractivity contribution in [2.75, 3.05) is 0 Å². The van der Waals surface area contributed by atoms with E-state index in [-0.39, 0.29) is 0 Å². The Labute approximate surface area is 120 Å². The van der Waals surface area contributed by atoms with Crippen LogP contribution in [0.2, 0.25) is 0 Å². The Kier molecular flexibility index (Phi) is 5.68. The van der Waals surface area contributed by atoms with Crippen LogP contribution in [0.25, 0.3) is 0 Å². The molecule has 1 aromatic rings. The van der Waals surface area contributed by atoms with Crippen molar-refractivity contribution >= 4 is 15.9 Å². The van der Waals surface area contributed by atoms with Crippen LogP contribution >= 0.6 is 15.9 Å². The fraction of sp³-hybridized carbons (Fsp3) is 0.688. The highest BCUT2D eigenvalue weighted by molar-refractivity contribution is 9.09. The van der Waals surface area contributed by atoms with Crippen molar-refractivity contribution in [2.45, 2.75) is 62.6 Å². The highest BCUT2D eigenvalue weighted by Gasteiger charge is 2.20. The van der Waals surface area contributed by atoms with Gasteiger partial charge in [0.2, 0.25) is 0 Å². The fourth-order valence-corrected chi connectivity index (χ4v) is 3.49. The van der Waals surface area contributed by atoms with Gasteiger partial charge in [-0.1, -0.05) is 61.0 Å². The van der Waals surface area contributed by atoms with E-state index in [0.29, 0.717) is 10.7 Å². The van der Waals surface area contributed by atoms with Crippen molar-refractivity contribution < 1.29 is 0 Å². The second kappa shape index (κ2) is 7.28. The Morgan fingerprint density at radius 1 is 1.28 bits per heavy atom. The third kappa shape index (κ3) is 4.08. The number of pyridine rings is 1. The van der Waals surface area contributed by atoms with Gasteiger partial charge in [-0.25, -0.2) is 0 Å². The average molecular weight is 310 g/mol. The highest BCUT2D eigenvalue weighted by Crippen LogP contribution is 2.32. The molecule has 1 aromatic heterocycles. The fourth-order valence-electron chi connectivity index (χ4n) is 2.95. The molecule has 2 rings (SSSR count). The van der Waals surface area contributed by atoms with E-state index in [0.717, 1.165) is 5.92 Å². The summed E-state index contributed by atoms with van der Waals surface area (Å²) in [5, 5.41) is 0. The minimum Gasteiger partial charge on any atom is -0.261 e. The predicted octanol–water partition coefficient (Wildman–Crippen LogP) is 5.31. The molecule has 2 atom stereocenters. The molecule has 1 aliphatic carbocycles. The normalized spacial score (nSPS) is 20.6. The molecular formula is C16H24BrN. The minimum atomic E-state index is 0.509. The Balaban J connectivity index is 1.78. The van der Waals surface area contributed by atoms with E-state index in [1.807, 2.05) is 12.3 Å². The van der Waals surface area contributed by atoms with Gasteiger partial charge in [0.1, 0.15) is 0 Å². The van der Waals surface area contributed by atoms with Crippen LogP contribution in [0.4, 0.5) is 0 Å². The number of alkyl halides is 1. The van der Waals surface area contributed by atoms with Crippen LogP contribution in [0.1, 0.15) is 63.5 Å². The van der Waals surface area contributed by atoms with E-state index < -0.39 is 0 Å². The monoisotopic (exact) mass is 309 g/mol. The van der Waals surface area contributed by atoms with Crippen molar-refractivity contribution in [1.82, 2.24) is 4.98 Å². The molecule has 1 saturated carbocycles. The lowest BCUT2D eigenvalue weighted by Crippen LogP contribution is -2.14. The van der Waals surface area contributed by atoms with Crippen molar-refractivity contribution in [2.24, 2.45) is 5.92 Å². The Morgan fingerprint density at radius 3 is 2.72 bits per heavy atom. The highest BCUT2D eigenvalue weighted by atomic mass is 79.9. The molecule has 0 amide bonds. The summed E-state index contributed by atoms with van der Waals surface area (Å²) in [4.78, 5) is 5.03. The van der Waals surface area contributed by atoms with Gasteiger partial charge in [-0.05, 0) is 30.9 Å². The molecule has 0 aromatic carbocycles. The van der Waals surface area contributed by atoms with Crippen LogP contribution in [-0.2, 0) is 0 Å². The first-order valence-electron chi connectivity index (χ1n) is 7.32. The van der Waals surface area contributed by atoms with Crippen LogP contribution < -0.4 is 0 Å². The molecule has 100 valence electrons. The lowest BCUT2D eigenvalue weighted by molar-refractivity contribution is 0.329. The van der Waals surface area contributed by atoms with E-state index in [1.165, 1.54) is 50.6 Å². The lowest BCUT2D eigenvalue weighted by Gasteiger charge is -2.24. The predicted molar refractivity (Wildman–Crippen MR) is 81.2 cm³/mol. The zero-order valence-corrected chi connectivity index (χ0v) is 12.9. The molecule has 1 nitrogen and oxygen atoms in total. The molecule has 0 N–H and O–H groups in total. The van der Waals surface area contributed by atoms with Gasteiger partial charge in [0, 0.05) is 22.6 Å². The third-order valence-electron chi connectivity index (χ3n) is 4.27. The summed E-state index contributed by atoms with van der Waals surface area (Å²) in [7, 11) is 0. The van der Waals surface area contributed by atoms with Crippen LogP contribution in [0.3, 0.4) is 0 Å². The Hall–Kier alpha value is -0.370. The van der Waals surface area contributed by atoms with Crippen LogP contribution in [0, 0.1) is 5.92 Å². The van der Waals surface area contributed by atoms with Gasteiger partial charge in [-0.3, -0.25) is 4.98 Å². The summed E-state index contributed by atoms with van der Waals surface area (Å²) in [6, 6.07) is 6.21. The number of rotatable bonds is 5. The SMILES string of the molecule is CC(c1ccccn1)C(Br)CCC1CCCCC1. The average Bonchev–Trinajstić information content (AvgIpc) is 2.46. The van der Waals surface area contributed by atoms with Crippen molar-refractivity contribution in [3.63, 3.8) is 0 Å². The summed E-state index contributed by atoms with van der Waals surface area (Å²) in [5.74, 6) is 1.49. The quantitative estimate of drug-likeness (QED) is 0.672. The van der Waals surface area contributed by atoms with E-state index in [4.69, 9.17) is 0 Å². The first kappa shape index (κ1) is 14.0. The second-order valence-electron chi connectivity index (χ2n) is 5.64. The number of aromatic nitrogens is 1. The maximum absolute atomic E-state index is 4.46. The van der Waals surface area contributed by atoms with Gasteiger partial charge >= 0.3 is 0 Å². The van der Waals surface area contributed by atoms with Crippen molar-refractivity contribution in [3.05, 3.63) is 30.1 Å². The topological polar surface area (TPSA) is 12.9 Å². The molecule has 1 heterocycles. The number of nitrogens with zero attached hydrogens (tertiary/aromatic N) is 1. The maximum atomic E-state index is 4.46. The van der Waals surface area contributed by atoms with Gasteiger partial charge in [0.05, 0.1) is 0 Å². The summed E-state index contributed by atoms with van der Waals surface area (Å²) < 4.78 is 0. The van der Waals surface area contributed by atoms with Crippen LogP contribution in [-0.4, -0.2) is 9.81 Å². The van der Waals surface area contributed by atoms with Crippen LogP contribution in [0.15, 0.2) is 24.4 Å². The molecule has 18 heavy (non-hydrogen) atoms. The lowest BCUT2D eigenvalue weighted by atomic mass is 9.85. The zero-order chi connectivity index (χ0) is 12.8. The summed E-state index contributed by atoms with van der Waals surface area (Å²) in [6.45, 7) is 2.28. The molecule has 0 saturated heterocycles. The molecule has 2 heteroatoms. The van der Waals surface area contributed by atoms with Crippen molar-refractivity contribution in [1.29, 1.82) is 0 Å². The molecule has 0 spiro atoms. The largest absolute Gasteiger partial charge is 0.261 e. The Morgan fingerprint density at radius 2 is 2.06 bits per heavy atom. The van der Waals surface area contributed by atoms with Crippen LogP contribution in [0.5, 0.6) is 0 Å². The zero-order valence-electron chi connectivity index (χ0n) is 11.3. The molecule has 1 aliphatic rings. The summed E-state index contributed by atoms with van der Waals surface area (Å²) >= 11 is 3.87. The molecular weight excluding hydrogens is 286 g/mol.